The third-order valence-electron chi connectivity index (χ3n) is 6.32. The van der Waals surface area contributed by atoms with Crippen LogP contribution < -0.4 is 0 Å². The molecule has 186 valence electrons. The van der Waals surface area contributed by atoms with Gasteiger partial charge >= 0.3 is 5.97 Å². The molecule has 0 aliphatic rings. The van der Waals surface area contributed by atoms with Crippen molar-refractivity contribution in [3.8, 4) is 5.69 Å². The Kier molecular flexibility index (Phi) is 6.91. The van der Waals surface area contributed by atoms with E-state index in [9.17, 15) is 9.18 Å². The number of H-pyrrole nitrogens is 1. The zero-order chi connectivity index (χ0) is 25.3. The van der Waals surface area contributed by atoms with E-state index in [1.165, 1.54) is 12.1 Å². The molecule has 4 rings (SSSR count). The van der Waals surface area contributed by atoms with Crippen LogP contribution in [0, 0.1) is 11.6 Å². The van der Waals surface area contributed by atoms with Gasteiger partial charge in [0.05, 0.1) is 24.9 Å². The van der Waals surface area contributed by atoms with E-state index in [-0.39, 0.29) is 23.9 Å². The second-order valence-electron chi connectivity index (χ2n) is 9.32. The van der Waals surface area contributed by atoms with Crippen molar-refractivity contribution in [3.05, 3.63) is 59.4 Å². The van der Waals surface area contributed by atoms with Crippen molar-refractivity contribution >= 4 is 27.8 Å². The minimum Gasteiger partial charge on any atom is -0.480 e. The molecule has 0 radical (unpaired) electrons. The van der Waals surface area contributed by atoms with Crippen molar-refractivity contribution in [3.63, 3.8) is 0 Å². The number of carboxylic acid groups (broad SMARTS) is 1. The number of nitrogens with one attached hydrogen (secondary N) is 1. The Morgan fingerprint density at radius 2 is 1.97 bits per heavy atom. The van der Waals surface area contributed by atoms with Gasteiger partial charge in [-0.25, -0.2) is 13.6 Å². The summed E-state index contributed by atoms with van der Waals surface area (Å²) in [6, 6.07) is 7.91. The van der Waals surface area contributed by atoms with Crippen LogP contribution in [0.4, 0.5) is 8.78 Å². The van der Waals surface area contributed by atoms with Crippen LogP contribution in [0.5, 0.6) is 0 Å². The Morgan fingerprint density at radius 1 is 1.26 bits per heavy atom. The average Bonchev–Trinajstić information content (AvgIpc) is 3.41. The van der Waals surface area contributed by atoms with E-state index < -0.39 is 23.8 Å². The van der Waals surface area contributed by atoms with Gasteiger partial charge in [-0.2, -0.15) is 5.10 Å². The summed E-state index contributed by atoms with van der Waals surface area (Å²) in [4.78, 5) is 11.1. The van der Waals surface area contributed by atoms with E-state index in [0.29, 0.717) is 40.6 Å². The van der Waals surface area contributed by atoms with Gasteiger partial charge < -0.3 is 19.1 Å². The Morgan fingerprint density at radius 3 is 2.60 bits per heavy atom. The maximum Gasteiger partial charge on any atom is 0.329 e. The molecule has 0 amide bonds. The van der Waals surface area contributed by atoms with Crippen LogP contribution in [0.3, 0.4) is 0 Å². The van der Waals surface area contributed by atoms with Gasteiger partial charge in [-0.05, 0) is 42.3 Å². The van der Waals surface area contributed by atoms with Crippen molar-refractivity contribution in [2.75, 3.05) is 26.9 Å². The van der Waals surface area contributed by atoms with Crippen molar-refractivity contribution in [1.82, 2.24) is 14.8 Å². The first-order valence-electron chi connectivity index (χ1n) is 11.4. The van der Waals surface area contributed by atoms with E-state index >= 15 is 4.39 Å². The Balaban J connectivity index is 2.12. The highest BCUT2D eigenvalue weighted by Crippen LogP contribution is 2.44. The molecule has 2 aromatic carbocycles. The highest BCUT2D eigenvalue weighted by atomic mass is 19.1. The normalized spacial score (nSPS) is 13.1. The quantitative estimate of drug-likeness (QED) is 0.318. The molecule has 0 aliphatic heterocycles. The zero-order valence-corrected chi connectivity index (χ0v) is 20.2. The van der Waals surface area contributed by atoms with Gasteiger partial charge in [0, 0.05) is 40.6 Å². The molecule has 0 unspecified atom stereocenters. The van der Waals surface area contributed by atoms with Crippen LogP contribution in [-0.4, -0.2) is 52.8 Å². The van der Waals surface area contributed by atoms with Crippen molar-refractivity contribution in [1.29, 1.82) is 0 Å². The Hall–Kier alpha value is -3.30. The third kappa shape index (κ3) is 4.53. The number of aromatic nitrogens is 3. The predicted octanol–water partition coefficient (Wildman–Crippen LogP) is 5.30. The van der Waals surface area contributed by atoms with E-state index in [4.69, 9.17) is 14.6 Å². The van der Waals surface area contributed by atoms with Gasteiger partial charge in [-0.1, -0.05) is 20.8 Å². The maximum atomic E-state index is 16.1. The molecule has 0 aliphatic carbocycles. The molecule has 7 nitrogen and oxygen atoms in total. The molecular weight excluding hydrogens is 456 g/mol. The number of hydrogen-bond acceptors (Lipinski definition) is 4. The molecule has 2 heterocycles. The summed E-state index contributed by atoms with van der Waals surface area (Å²) in [6.07, 6.45) is 2.14. The molecule has 0 bridgehead atoms. The fraction of sp³-hybridized carbons (Fsp3) is 0.385. The molecule has 2 aromatic heterocycles. The number of hydrogen-bond donors (Lipinski definition) is 2. The first-order valence-corrected chi connectivity index (χ1v) is 11.4. The second kappa shape index (κ2) is 9.75. The summed E-state index contributed by atoms with van der Waals surface area (Å²) in [5.41, 5.74) is 2.49. The summed E-state index contributed by atoms with van der Waals surface area (Å²) in [7, 11) is 1.61. The van der Waals surface area contributed by atoms with Crippen LogP contribution in [0.2, 0.25) is 0 Å². The van der Waals surface area contributed by atoms with Crippen LogP contribution in [-0.2, 0) is 19.7 Å². The lowest BCUT2D eigenvalue weighted by atomic mass is 9.82. The zero-order valence-electron chi connectivity index (χ0n) is 20.2. The predicted molar refractivity (Wildman–Crippen MR) is 129 cm³/mol. The summed E-state index contributed by atoms with van der Waals surface area (Å²) < 4.78 is 43.0. The molecule has 1 atom stereocenters. The second-order valence-corrected chi connectivity index (χ2v) is 9.32. The lowest BCUT2D eigenvalue weighted by molar-refractivity contribution is -0.142. The number of nitrogens with zero attached hydrogens (tertiary/aromatic N) is 2. The minimum atomic E-state index is -1.07. The third-order valence-corrected chi connectivity index (χ3v) is 6.32. The Bertz CT molecular complexity index is 1360. The summed E-state index contributed by atoms with van der Waals surface area (Å²) in [5, 5.41) is 16.8. The Labute approximate surface area is 201 Å². The van der Waals surface area contributed by atoms with E-state index in [2.05, 4.69) is 10.2 Å². The highest BCUT2D eigenvalue weighted by molar-refractivity contribution is 6.00. The van der Waals surface area contributed by atoms with Gasteiger partial charge in [0.2, 0.25) is 0 Å². The van der Waals surface area contributed by atoms with Gasteiger partial charge in [-0.15, -0.1) is 0 Å². The summed E-state index contributed by atoms with van der Waals surface area (Å²) in [5.74, 6) is -2.20. The number of aromatic amines is 1. The summed E-state index contributed by atoms with van der Waals surface area (Å²) >= 11 is 0. The van der Waals surface area contributed by atoms with Crippen molar-refractivity contribution in [2.24, 2.45) is 0 Å². The van der Waals surface area contributed by atoms with Crippen molar-refractivity contribution < 1.29 is 28.2 Å². The number of aliphatic carboxylic acids is 1. The fourth-order valence-corrected chi connectivity index (χ4v) is 4.88. The standard InChI is InChI=1S/C26H29F2N3O4/c1-5-15(12-35-13-20(32)33)21-22-19(10-16-11-29-30-24(16)23(22)28)31(18-8-6-17(27)7-9-18)25(21)26(2,3)14-34-4/h6-11,15H,5,12-14H2,1-4H3,(H,29,30)(H,32,33)/t15-/m1/s1. The molecule has 9 heteroatoms. The van der Waals surface area contributed by atoms with Crippen LogP contribution in [0.25, 0.3) is 27.5 Å². The van der Waals surface area contributed by atoms with E-state index in [0.717, 1.165) is 5.69 Å². The maximum absolute atomic E-state index is 16.1. The molecule has 4 aromatic rings. The topological polar surface area (TPSA) is 89.4 Å². The van der Waals surface area contributed by atoms with E-state index in [1.807, 2.05) is 31.4 Å². The number of ether oxygens (including phenoxy) is 2. The molecule has 35 heavy (non-hydrogen) atoms. The first-order chi connectivity index (χ1) is 16.7. The monoisotopic (exact) mass is 485 g/mol. The lowest BCUT2D eigenvalue weighted by Gasteiger charge is -2.30. The number of fused-ring (bicyclic) bond motifs is 2. The molecular formula is C26H29F2N3O4. The molecule has 0 fully saturated rings. The lowest BCUT2D eigenvalue weighted by Crippen LogP contribution is -2.29. The molecule has 0 saturated carbocycles. The van der Waals surface area contributed by atoms with Crippen LogP contribution >= 0.6 is 0 Å². The molecule has 2 N–H and O–H groups in total. The molecule has 0 saturated heterocycles. The smallest absolute Gasteiger partial charge is 0.329 e. The molecule has 0 spiro atoms. The van der Waals surface area contributed by atoms with E-state index in [1.54, 1.807) is 25.4 Å². The fourth-order valence-electron chi connectivity index (χ4n) is 4.88. The van der Waals surface area contributed by atoms with Gasteiger partial charge in [0.15, 0.2) is 5.82 Å². The SMILES string of the molecule is CC[C@H](COCC(=O)O)c1c(C(C)(C)COC)n(-c2ccc(F)cc2)c2cc3cn[nH]c3c(F)c12. The number of halogens is 2. The van der Waals surface area contributed by atoms with Gasteiger partial charge in [-0.3, -0.25) is 5.10 Å². The first kappa shape index (κ1) is 24.8. The summed E-state index contributed by atoms with van der Waals surface area (Å²) in [6.45, 7) is 5.95. The number of methoxy groups -OCH3 is 1. The number of rotatable bonds is 10. The largest absolute Gasteiger partial charge is 0.480 e. The van der Waals surface area contributed by atoms with Crippen LogP contribution in [0.1, 0.15) is 44.4 Å². The number of benzene rings is 2. The van der Waals surface area contributed by atoms with Crippen molar-refractivity contribution in [2.45, 2.75) is 38.5 Å². The van der Waals surface area contributed by atoms with Crippen LogP contribution in [0.15, 0.2) is 36.5 Å². The highest BCUT2D eigenvalue weighted by Gasteiger charge is 2.35. The van der Waals surface area contributed by atoms with Gasteiger partial charge in [0.25, 0.3) is 0 Å². The number of carbonyl (C=O) groups is 1. The average molecular weight is 486 g/mol. The van der Waals surface area contributed by atoms with Gasteiger partial charge in [0.1, 0.15) is 17.9 Å². The number of carboxylic acids is 1. The minimum absolute atomic E-state index is 0.0991.